The summed E-state index contributed by atoms with van der Waals surface area (Å²) >= 11 is 13.0. The smallest absolute Gasteiger partial charge is 0.337 e. The van der Waals surface area contributed by atoms with E-state index in [1.165, 1.54) is 11.8 Å². The summed E-state index contributed by atoms with van der Waals surface area (Å²) in [7, 11) is 0. The number of ether oxygens (including phenoxy) is 2. The molecule has 3 aromatic carbocycles. The zero-order valence-electron chi connectivity index (χ0n) is 23.8. The summed E-state index contributed by atoms with van der Waals surface area (Å²) in [6, 6.07) is 11.2. The minimum absolute atomic E-state index is 0.0215. The molecule has 4 aliphatic rings. The van der Waals surface area contributed by atoms with Crippen molar-refractivity contribution in [2.45, 2.75) is 44.1 Å². The second kappa shape index (κ2) is 10.8. The Labute approximate surface area is 262 Å². The van der Waals surface area contributed by atoms with Crippen LogP contribution in [0.5, 0.6) is 5.75 Å². The predicted octanol–water partition coefficient (Wildman–Crippen LogP) is 6.41. The van der Waals surface area contributed by atoms with Gasteiger partial charge in [0, 0.05) is 22.4 Å². The summed E-state index contributed by atoms with van der Waals surface area (Å²) < 4.78 is 41.4. The Morgan fingerprint density at radius 1 is 1.02 bits per heavy atom. The first kappa shape index (κ1) is 29.1. The van der Waals surface area contributed by atoms with Gasteiger partial charge in [0.2, 0.25) is 0 Å². The molecule has 2 bridgehead atoms. The van der Waals surface area contributed by atoms with Gasteiger partial charge in [0.1, 0.15) is 17.2 Å². The van der Waals surface area contributed by atoms with E-state index in [-0.39, 0.29) is 65.2 Å². The second-order valence-electron chi connectivity index (χ2n) is 12.1. The third kappa shape index (κ3) is 4.93. The van der Waals surface area contributed by atoms with Crippen LogP contribution in [0.2, 0.25) is 10.0 Å². The van der Waals surface area contributed by atoms with Crippen molar-refractivity contribution in [2.75, 3.05) is 42.8 Å². The highest BCUT2D eigenvalue weighted by Crippen LogP contribution is 2.44. The number of rotatable bonds is 5. The van der Waals surface area contributed by atoms with E-state index in [1.54, 1.807) is 41.3 Å². The van der Waals surface area contributed by atoms with Crippen LogP contribution >= 0.6 is 23.2 Å². The number of carboxylic acid groups (broad SMARTS) is 1. The lowest BCUT2D eigenvalue weighted by atomic mass is 9.96. The number of fused-ring (bicyclic) bond motifs is 3. The van der Waals surface area contributed by atoms with Crippen molar-refractivity contribution < 1.29 is 33.0 Å². The molecule has 3 aromatic rings. The maximum absolute atomic E-state index is 15.6. The van der Waals surface area contributed by atoms with Gasteiger partial charge in [-0.3, -0.25) is 4.79 Å². The first-order valence-corrected chi connectivity index (χ1v) is 15.2. The Kier molecular flexibility index (Phi) is 7.14. The first-order valence-electron chi connectivity index (χ1n) is 14.4. The van der Waals surface area contributed by atoms with E-state index in [4.69, 9.17) is 32.7 Å². The average Bonchev–Trinajstić information content (AvgIpc) is 3.21. The summed E-state index contributed by atoms with van der Waals surface area (Å²) in [5, 5.41) is 10.2. The number of anilines is 2. The first-order chi connectivity index (χ1) is 21.0. The molecule has 3 saturated heterocycles. The minimum atomic E-state index is -1.28. The van der Waals surface area contributed by atoms with Crippen LogP contribution in [0, 0.1) is 5.82 Å². The number of carboxylic acids is 1. The van der Waals surface area contributed by atoms with Crippen molar-refractivity contribution in [3.05, 3.63) is 75.0 Å². The fourth-order valence-electron chi connectivity index (χ4n) is 6.83. The molecule has 4 heterocycles. The monoisotopic (exact) mass is 643 g/mol. The molecule has 0 saturated carbocycles. The molecule has 12 heteroatoms. The molecule has 1 N–H and O–H groups in total. The third-order valence-corrected chi connectivity index (χ3v) is 9.48. The van der Waals surface area contributed by atoms with Crippen LogP contribution in [0.15, 0.2) is 42.5 Å². The predicted molar refractivity (Wildman–Crippen MR) is 162 cm³/mol. The van der Waals surface area contributed by atoms with Gasteiger partial charge < -0.3 is 29.3 Å². The van der Waals surface area contributed by atoms with E-state index in [1.807, 2.05) is 0 Å². The number of hydrogen-bond acceptors (Lipinski definition) is 6. The van der Waals surface area contributed by atoms with Gasteiger partial charge in [-0.2, -0.15) is 0 Å². The topological polar surface area (TPSA) is 82.5 Å². The van der Waals surface area contributed by atoms with Gasteiger partial charge in [-0.1, -0.05) is 41.4 Å². The van der Waals surface area contributed by atoms with Crippen LogP contribution in [-0.4, -0.2) is 72.7 Å². The quantitative estimate of drug-likeness (QED) is 0.344. The molecular formula is C32H29Cl2F2N3O5. The van der Waals surface area contributed by atoms with E-state index >= 15 is 4.39 Å². The largest absolute Gasteiger partial charge is 0.478 e. The molecule has 2 unspecified atom stereocenters. The number of carbonyl (C=O) groups is 2. The van der Waals surface area contributed by atoms with Crippen molar-refractivity contribution >= 4 is 46.5 Å². The molecular weight excluding hydrogens is 615 g/mol. The lowest BCUT2D eigenvalue weighted by molar-refractivity contribution is 0.0516. The molecule has 0 radical (unpaired) electrons. The molecule has 7 rings (SSSR count). The van der Waals surface area contributed by atoms with E-state index in [9.17, 15) is 19.1 Å². The molecule has 1 amide bonds. The van der Waals surface area contributed by atoms with Crippen LogP contribution in [0.4, 0.5) is 20.2 Å². The van der Waals surface area contributed by atoms with E-state index in [0.29, 0.717) is 41.5 Å². The van der Waals surface area contributed by atoms with Crippen molar-refractivity contribution in [2.24, 2.45) is 0 Å². The number of amides is 1. The average molecular weight is 645 g/mol. The molecule has 0 aromatic heterocycles. The number of carbonyl (C=O) groups excluding carboxylic acids is 1. The van der Waals surface area contributed by atoms with Crippen LogP contribution < -0.4 is 14.5 Å². The highest BCUT2D eigenvalue weighted by molar-refractivity contribution is 6.40. The van der Waals surface area contributed by atoms with E-state index in [2.05, 4.69) is 4.90 Å². The van der Waals surface area contributed by atoms with Gasteiger partial charge in [-0.05, 0) is 44.0 Å². The molecule has 4 aliphatic heterocycles. The van der Waals surface area contributed by atoms with Gasteiger partial charge in [-0.15, -0.1) is 0 Å². The summed E-state index contributed by atoms with van der Waals surface area (Å²) in [5.74, 6) is -1.92. The summed E-state index contributed by atoms with van der Waals surface area (Å²) in [4.78, 5) is 31.1. The molecule has 230 valence electrons. The third-order valence-electron chi connectivity index (χ3n) is 8.88. The normalized spacial score (nSPS) is 21.9. The Bertz CT molecular complexity index is 1660. The summed E-state index contributed by atoms with van der Waals surface area (Å²) in [6.07, 6.45) is 1.74. The standard InChI is InChI=1S/C32H29Cl2F2N3O5/c1-32(36)14-38(15-32)20-7-24(33)28(25(34)8-20)30(40)37-11-17-3-2-4-21(29(17)44-16-37)22-10-27(23(31(41)42)9-26(22)35)39-18-5-6-19(39)13-43-12-18/h2-4,7-10,18-19H,5-6,11-16H2,1H3,(H,41,42). The fraction of sp³-hybridized carbons (Fsp3) is 0.375. The molecule has 2 atom stereocenters. The van der Waals surface area contributed by atoms with Gasteiger partial charge in [0.05, 0.1) is 71.8 Å². The van der Waals surface area contributed by atoms with Gasteiger partial charge in [0.15, 0.2) is 6.73 Å². The van der Waals surface area contributed by atoms with Crippen LogP contribution in [0.25, 0.3) is 11.1 Å². The lowest BCUT2D eigenvalue weighted by Crippen LogP contribution is -2.57. The highest BCUT2D eigenvalue weighted by atomic mass is 35.5. The fourth-order valence-corrected chi connectivity index (χ4v) is 7.47. The highest BCUT2D eigenvalue weighted by Gasteiger charge is 2.41. The maximum Gasteiger partial charge on any atom is 0.337 e. The second-order valence-corrected chi connectivity index (χ2v) is 12.9. The van der Waals surface area contributed by atoms with Gasteiger partial charge >= 0.3 is 5.97 Å². The maximum atomic E-state index is 15.6. The van der Waals surface area contributed by atoms with Crippen molar-refractivity contribution in [3.8, 4) is 16.9 Å². The van der Waals surface area contributed by atoms with Gasteiger partial charge in [0.25, 0.3) is 5.91 Å². The Morgan fingerprint density at radius 2 is 1.70 bits per heavy atom. The van der Waals surface area contributed by atoms with Crippen molar-refractivity contribution in [1.82, 2.24) is 4.90 Å². The number of benzene rings is 3. The number of aromatic carboxylic acids is 1. The zero-order chi connectivity index (χ0) is 30.9. The van der Waals surface area contributed by atoms with Crippen LogP contribution in [0.1, 0.15) is 46.0 Å². The van der Waals surface area contributed by atoms with E-state index in [0.717, 1.165) is 18.9 Å². The van der Waals surface area contributed by atoms with E-state index < -0.39 is 23.4 Å². The number of morpholine rings is 1. The number of halogens is 4. The lowest BCUT2D eigenvalue weighted by Gasteiger charge is -2.44. The summed E-state index contributed by atoms with van der Waals surface area (Å²) in [6.45, 7) is 2.93. The van der Waals surface area contributed by atoms with Crippen molar-refractivity contribution in [3.63, 3.8) is 0 Å². The molecule has 0 spiro atoms. The molecule has 0 aliphatic carbocycles. The van der Waals surface area contributed by atoms with Crippen LogP contribution in [0.3, 0.4) is 0 Å². The Balaban J connectivity index is 1.18. The zero-order valence-corrected chi connectivity index (χ0v) is 25.3. The molecule has 3 fully saturated rings. The van der Waals surface area contributed by atoms with Crippen LogP contribution in [-0.2, 0) is 11.3 Å². The SMILES string of the molecule is CC1(F)CN(c2cc(Cl)c(C(=O)N3COc4c(cccc4-c4cc(N5C6CCC5COC6)c(C(=O)O)cc4F)C3)c(Cl)c2)C1. The number of hydrogen-bond donors (Lipinski definition) is 1. The number of nitrogens with zero attached hydrogens (tertiary/aromatic N) is 3. The molecule has 8 nitrogen and oxygen atoms in total. The van der Waals surface area contributed by atoms with Gasteiger partial charge in [-0.25, -0.2) is 13.6 Å². The number of alkyl halides is 1. The number of para-hydroxylation sites is 1. The Hall–Kier alpha value is -3.60. The van der Waals surface area contributed by atoms with Crippen molar-refractivity contribution in [1.29, 1.82) is 0 Å². The molecule has 44 heavy (non-hydrogen) atoms. The minimum Gasteiger partial charge on any atom is -0.478 e. The Morgan fingerprint density at radius 3 is 2.34 bits per heavy atom. The summed E-state index contributed by atoms with van der Waals surface area (Å²) in [5.41, 5.74) is 1.14.